The zero-order chi connectivity index (χ0) is 14.8. The van der Waals surface area contributed by atoms with Gasteiger partial charge in [-0.2, -0.15) is 0 Å². The number of carbonyl (C=O) groups is 2. The van der Waals surface area contributed by atoms with Crippen LogP contribution < -0.4 is 5.32 Å². The minimum Gasteiger partial charge on any atom is -0.336 e. The largest absolute Gasteiger partial charge is 0.336 e. The predicted molar refractivity (Wildman–Crippen MR) is 79.8 cm³/mol. The van der Waals surface area contributed by atoms with E-state index >= 15 is 0 Å². The van der Waals surface area contributed by atoms with Crippen LogP contribution in [0, 0.1) is 6.92 Å². The fourth-order valence-corrected chi connectivity index (χ4v) is 3.15. The Hall–Kier alpha value is -1.88. The summed E-state index contributed by atoms with van der Waals surface area (Å²) in [5.41, 5.74) is 2.50. The van der Waals surface area contributed by atoms with Crippen molar-refractivity contribution in [2.24, 2.45) is 0 Å². The van der Waals surface area contributed by atoms with Gasteiger partial charge in [0, 0.05) is 19.1 Å². The number of amides is 3. The average molecular weight is 287 g/mol. The Morgan fingerprint density at radius 2 is 2.05 bits per heavy atom. The molecule has 3 rings (SSSR count). The van der Waals surface area contributed by atoms with E-state index in [9.17, 15) is 9.59 Å². The quantitative estimate of drug-likeness (QED) is 0.920. The topological polar surface area (TPSA) is 52.7 Å². The normalized spacial score (nSPS) is 22.6. The molecule has 1 atom stereocenters. The van der Waals surface area contributed by atoms with Gasteiger partial charge in [0.15, 0.2) is 0 Å². The van der Waals surface area contributed by atoms with Crippen molar-refractivity contribution >= 4 is 11.9 Å². The summed E-state index contributed by atoms with van der Waals surface area (Å²) in [5, 5.41) is 2.67. The molecule has 0 spiro atoms. The second-order valence-corrected chi connectivity index (χ2v) is 5.82. The molecule has 2 aliphatic heterocycles. The molecule has 0 aromatic heterocycles. The maximum Gasteiger partial charge on any atom is 0.324 e. The van der Waals surface area contributed by atoms with Crippen molar-refractivity contribution < 1.29 is 9.59 Å². The van der Waals surface area contributed by atoms with E-state index in [0.717, 1.165) is 19.4 Å². The molecule has 5 nitrogen and oxygen atoms in total. The van der Waals surface area contributed by atoms with Gasteiger partial charge in [-0.1, -0.05) is 29.8 Å². The summed E-state index contributed by atoms with van der Waals surface area (Å²) < 4.78 is 0. The number of likely N-dealkylation sites (tertiary alicyclic amines) is 1. The number of rotatable bonds is 3. The molecule has 112 valence electrons. The third kappa shape index (κ3) is 2.93. The fraction of sp³-hybridized carbons (Fsp3) is 0.500. The summed E-state index contributed by atoms with van der Waals surface area (Å²) in [6.07, 6.45) is 2.17. The lowest BCUT2D eigenvalue weighted by atomic mass is 10.0. The van der Waals surface area contributed by atoms with E-state index in [1.807, 2.05) is 0 Å². The van der Waals surface area contributed by atoms with Crippen molar-refractivity contribution in [2.45, 2.75) is 25.8 Å². The Bertz CT molecular complexity index is 541. The maximum absolute atomic E-state index is 12.3. The first kappa shape index (κ1) is 14.1. The number of nitrogens with zero attached hydrogens (tertiary/aromatic N) is 2. The van der Waals surface area contributed by atoms with Crippen molar-refractivity contribution in [3.8, 4) is 0 Å². The van der Waals surface area contributed by atoms with Crippen molar-refractivity contribution in [1.82, 2.24) is 15.1 Å². The number of imide groups is 1. The van der Waals surface area contributed by atoms with Gasteiger partial charge in [-0.15, -0.1) is 0 Å². The zero-order valence-electron chi connectivity index (χ0n) is 12.3. The van der Waals surface area contributed by atoms with Crippen molar-refractivity contribution in [1.29, 1.82) is 0 Å². The van der Waals surface area contributed by atoms with Crippen LogP contribution in [0.2, 0.25) is 0 Å². The van der Waals surface area contributed by atoms with E-state index in [4.69, 9.17) is 0 Å². The Balaban J connectivity index is 1.68. The molecular weight excluding hydrogens is 266 g/mol. The van der Waals surface area contributed by atoms with Gasteiger partial charge in [-0.05, 0) is 31.9 Å². The fourth-order valence-electron chi connectivity index (χ4n) is 3.15. The molecule has 0 bridgehead atoms. The van der Waals surface area contributed by atoms with Crippen LogP contribution in [0.15, 0.2) is 24.3 Å². The van der Waals surface area contributed by atoms with Crippen LogP contribution in [0.5, 0.6) is 0 Å². The summed E-state index contributed by atoms with van der Waals surface area (Å²) in [5.74, 6) is -0.0935. The van der Waals surface area contributed by atoms with Crippen LogP contribution in [0.25, 0.3) is 0 Å². The number of benzene rings is 1. The molecule has 1 aromatic rings. The highest BCUT2D eigenvalue weighted by Crippen LogP contribution is 2.31. The van der Waals surface area contributed by atoms with Crippen LogP contribution >= 0.6 is 0 Å². The van der Waals surface area contributed by atoms with E-state index in [2.05, 4.69) is 41.4 Å². The first-order chi connectivity index (χ1) is 10.1. The van der Waals surface area contributed by atoms with Gasteiger partial charge in [0.05, 0.1) is 6.54 Å². The molecular formula is C16H21N3O2. The summed E-state index contributed by atoms with van der Waals surface area (Å²) in [7, 11) is 0. The van der Waals surface area contributed by atoms with E-state index in [1.165, 1.54) is 16.0 Å². The monoisotopic (exact) mass is 287 g/mol. The minimum absolute atomic E-state index is 0.0935. The standard InChI is InChI=1S/C16H21N3O2/c1-12-4-6-13(7-5-12)14-3-2-9-18(14)11-15(20)19-10-8-17-16(19)21/h4-7,14H,2-3,8-11H2,1H3,(H,17,21). The Morgan fingerprint density at radius 3 is 2.71 bits per heavy atom. The van der Waals surface area contributed by atoms with Gasteiger partial charge in [-0.3, -0.25) is 14.6 Å². The van der Waals surface area contributed by atoms with Crippen LogP contribution in [-0.2, 0) is 4.79 Å². The summed E-state index contributed by atoms with van der Waals surface area (Å²) in [6, 6.07) is 8.55. The predicted octanol–water partition coefficient (Wildman–Crippen LogP) is 1.68. The molecule has 2 aliphatic rings. The highest BCUT2D eigenvalue weighted by atomic mass is 16.2. The number of urea groups is 1. The van der Waals surface area contributed by atoms with Gasteiger partial charge in [0.1, 0.15) is 0 Å². The lowest BCUT2D eigenvalue weighted by molar-refractivity contribution is -0.129. The third-order valence-electron chi connectivity index (χ3n) is 4.32. The first-order valence-electron chi connectivity index (χ1n) is 7.54. The van der Waals surface area contributed by atoms with Gasteiger partial charge >= 0.3 is 6.03 Å². The lowest BCUT2D eigenvalue weighted by Crippen LogP contribution is -2.41. The van der Waals surface area contributed by atoms with Crippen LogP contribution in [0.1, 0.15) is 30.0 Å². The van der Waals surface area contributed by atoms with Crippen LogP contribution in [0.4, 0.5) is 4.79 Å². The van der Waals surface area contributed by atoms with Crippen molar-refractivity contribution in [3.05, 3.63) is 35.4 Å². The molecule has 2 fully saturated rings. The molecule has 21 heavy (non-hydrogen) atoms. The molecule has 2 saturated heterocycles. The van der Waals surface area contributed by atoms with Crippen LogP contribution in [0.3, 0.4) is 0 Å². The van der Waals surface area contributed by atoms with E-state index in [1.54, 1.807) is 0 Å². The Morgan fingerprint density at radius 1 is 1.29 bits per heavy atom. The number of aryl methyl sites for hydroxylation is 1. The molecule has 1 aromatic carbocycles. The molecule has 3 amide bonds. The second kappa shape index (κ2) is 5.85. The number of hydrogen-bond donors (Lipinski definition) is 1. The molecule has 5 heteroatoms. The summed E-state index contributed by atoms with van der Waals surface area (Å²) >= 11 is 0. The zero-order valence-corrected chi connectivity index (χ0v) is 12.3. The van der Waals surface area contributed by atoms with Crippen molar-refractivity contribution in [2.75, 3.05) is 26.2 Å². The Labute approximate surface area is 124 Å². The minimum atomic E-state index is -0.258. The van der Waals surface area contributed by atoms with E-state index in [-0.39, 0.29) is 11.9 Å². The van der Waals surface area contributed by atoms with Gasteiger partial charge in [0.2, 0.25) is 5.91 Å². The van der Waals surface area contributed by atoms with Gasteiger partial charge in [0.25, 0.3) is 0 Å². The summed E-state index contributed by atoms with van der Waals surface area (Å²) in [4.78, 5) is 27.3. The molecule has 2 heterocycles. The number of carbonyl (C=O) groups excluding carboxylic acids is 2. The number of nitrogens with one attached hydrogen (secondary N) is 1. The van der Waals surface area contributed by atoms with Crippen LogP contribution in [-0.4, -0.2) is 47.9 Å². The summed E-state index contributed by atoms with van der Waals surface area (Å²) in [6.45, 7) is 4.37. The molecule has 0 radical (unpaired) electrons. The van der Waals surface area contributed by atoms with Crippen molar-refractivity contribution in [3.63, 3.8) is 0 Å². The molecule has 1 N–H and O–H groups in total. The van der Waals surface area contributed by atoms with E-state index < -0.39 is 0 Å². The first-order valence-corrected chi connectivity index (χ1v) is 7.54. The third-order valence-corrected chi connectivity index (χ3v) is 4.32. The molecule has 0 saturated carbocycles. The highest BCUT2D eigenvalue weighted by Gasteiger charge is 2.32. The van der Waals surface area contributed by atoms with Gasteiger partial charge < -0.3 is 5.32 Å². The smallest absolute Gasteiger partial charge is 0.324 e. The number of hydrogen-bond acceptors (Lipinski definition) is 3. The maximum atomic E-state index is 12.3. The van der Waals surface area contributed by atoms with Gasteiger partial charge in [-0.25, -0.2) is 4.79 Å². The highest BCUT2D eigenvalue weighted by molar-refractivity contribution is 5.96. The lowest BCUT2D eigenvalue weighted by Gasteiger charge is -2.25. The SMILES string of the molecule is Cc1ccc(C2CCCN2CC(=O)N2CCNC2=O)cc1. The average Bonchev–Trinajstić information content (AvgIpc) is 3.09. The Kier molecular flexibility index (Phi) is 3.92. The molecule has 0 aliphatic carbocycles. The van der Waals surface area contributed by atoms with E-state index in [0.29, 0.717) is 25.7 Å². The molecule has 1 unspecified atom stereocenters. The second-order valence-electron chi connectivity index (χ2n) is 5.82.